The number of pyridine rings is 1. The maximum atomic E-state index is 12.4. The zero-order valence-electron chi connectivity index (χ0n) is 14.6. The van der Waals surface area contributed by atoms with Gasteiger partial charge in [-0.05, 0) is 26.3 Å². The molecule has 0 bridgehead atoms. The molecule has 0 unspecified atom stereocenters. The molecule has 2 aromatic rings. The van der Waals surface area contributed by atoms with Crippen molar-refractivity contribution in [2.75, 3.05) is 12.5 Å². The number of nitrogens with one attached hydrogen (secondary N) is 2. The van der Waals surface area contributed by atoms with Crippen molar-refractivity contribution in [2.24, 2.45) is 5.10 Å². The summed E-state index contributed by atoms with van der Waals surface area (Å²) >= 11 is 0. The third-order valence-electron chi connectivity index (χ3n) is 2.98. The van der Waals surface area contributed by atoms with Gasteiger partial charge in [-0.3, -0.25) is 5.43 Å². The van der Waals surface area contributed by atoms with Crippen LogP contribution in [0, 0.1) is 0 Å². The molecule has 1 aromatic carbocycles. The van der Waals surface area contributed by atoms with Gasteiger partial charge in [0.15, 0.2) is 11.6 Å². The Kier molecular flexibility index (Phi) is 5.76. The Bertz CT molecular complexity index is 844. The van der Waals surface area contributed by atoms with Gasteiger partial charge in [0.2, 0.25) is 10.0 Å². The highest BCUT2D eigenvalue weighted by molar-refractivity contribution is 7.89. The summed E-state index contributed by atoms with van der Waals surface area (Å²) in [6.07, 6.45) is 2.89. The lowest BCUT2D eigenvalue weighted by Gasteiger charge is -2.20. The van der Waals surface area contributed by atoms with Crippen LogP contribution in [0.1, 0.15) is 26.3 Å². The van der Waals surface area contributed by atoms with Crippen LogP contribution in [-0.4, -0.2) is 32.3 Å². The molecule has 2 rings (SSSR count). The third kappa shape index (κ3) is 5.54. The minimum absolute atomic E-state index is 0.0249. The second-order valence-corrected chi connectivity index (χ2v) is 8.04. The SMILES string of the molecule is COc1cc(S(=O)(=O)NC(C)(C)C)cnc1N/N=C/c1ccccc1. The summed E-state index contributed by atoms with van der Waals surface area (Å²) < 4.78 is 32.5. The van der Waals surface area contributed by atoms with E-state index in [0.717, 1.165) is 5.56 Å². The molecular formula is C17H22N4O3S. The molecule has 0 saturated carbocycles. The minimum Gasteiger partial charge on any atom is -0.493 e. The van der Waals surface area contributed by atoms with Gasteiger partial charge in [0.1, 0.15) is 4.90 Å². The molecular weight excluding hydrogens is 340 g/mol. The molecule has 0 saturated heterocycles. The molecule has 1 aromatic heterocycles. The topological polar surface area (TPSA) is 92.7 Å². The van der Waals surface area contributed by atoms with Crippen LogP contribution in [0.2, 0.25) is 0 Å². The molecule has 0 amide bonds. The number of methoxy groups -OCH3 is 1. The normalized spacial score (nSPS) is 12.3. The number of rotatable bonds is 6. The van der Waals surface area contributed by atoms with Gasteiger partial charge in [-0.15, -0.1) is 0 Å². The van der Waals surface area contributed by atoms with E-state index in [1.165, 1.54) is 19.4 Å². The number of hydrogen-bond donors (Lipinski definition) is 2. The van der Waals surface area contributed by atoms with Crippen molar-refractivity contribution >= 4 is 22.1 Å². The van der Waals surface area contributed by atoms with Gasteiger partial charge in [-0.2, -0.15) is 5.10 Å². The largest absolute Gasteiger partial charge is 0.493 e. The number of hydrogen-bond acceptors (Lipinski definition) is 6. The summed E-state index contributed by atoms with van der Waals surface area (Å²) in [6, 6.07) is 10.9. The molecule has 0 aliphatic heterocycles. The van der Waals surface area contributed by atoms with Crippen LogP contribution in [0.25, 0.3) is 0 Å². The fourth-order valence-corrected chi connectivity index (χ4v) is 3.36. The van der Waals surface area contributed by atoms with Crippen LogP contribution in [-0.2, 0) is 10.0 Å². The van der Waals surface area contributed by atoms with E-state index in [4.69, 9.17) is 4.74 Å². The number of benzene rings is 1. The highest BCUT2D eigenvalue weighted by Crippen LogP contribution is 2.25. The predicted molar refractivity (Wildman–Crippen MR) is 98.5 cm³/mol. The van der Waals surface area contributed by atoms with E-state index in [1.807, 2.05) is 30.3 Å². The van der Waals surface area contributed by atoms with Gasteiger partial charge in [0.05, 0.1) is 13.3 Å². The maximum Gasteiger partial charge on any atom is 0.242 e. The van der Waals surface area contributed by atoms with Crippen molar-refractivity contribution in [2.45, 2.75) is 31.2 Å². The van der Waals surface area contributed by atoms with Crippen LogP contribution >= 0.6 is 0 Å². The van der Waals surface area contributed by atoms with Crippen molar-refractivity contribution in [1.29, 1.82) is 0 Å². The number of sulfonamides is 1. The van der Waals surface area contributed by atoms with E-state index in [-0.39, 0.29) is 10.6 Å². The van der Waals surface area contributed by atoms with Crippen molar-refractivity contribution < 1.29 is 13.2 Å². The van der Waals surface area contributed by atoms with Crippen LogP contribution < -0.4 is 14.9 Å². The molecule has 7 nitrogen and oxygen atoms in total. The zero-order chi connectivity index (χ0) is 18.5. The van der Waals surface area contributed by atoms with Gasteiger partial charge < -0.3 is 4.74 Å². The molecule has 0 fully saturated rings. The molecule has 134 valence electrons. The third-order valence-corrected chi connectivity index (χ3v) is 4.71. The number of ether oxygens (including phenoxy) is 1. The summed E-state index contributed by atoms with van der Waals surface area (Å²) in [5, 5.41) is 4.09. The Labute approximate surface area is 148 Å². The van der Waals surface area contributed by atoms with Crippen molar-refractivity contribution in [3.05, 3.63) is 48.2 Å². The second-order valence-electron chi connectivity index (χ2n) is 6.36. The molecule has 0 aliphatic carbocycles. The lowest BCUT2D eigenvalue weighted by atomic mass is 10.1. The monoisotopic (exact) mass is 362 g/mol. The van der Waals surface area contributed by atoms with Gasteiger partial charge in [0, 0.05) is 17.8 Å². The lowest BCUT2D eigenvalue weighted by molar-refractivity contribution is 0.413. The number of anilines is 1. The van der Waals surface area contributed by atoms with E-state index in [0.29, 0.717) is 5.82 Å². The van der Waals surface area contributed by atoms with Crippen molar-refractivity contribution in [3.63, 3.8) is 0 Å². The first-order valence-corrected chi connectivity index (χ1v) is 9.12. The van der Waals surface area contributed by atoms with E-state index in [9.17, 15) is 8.42 Å². The quantitative estimate of drug-likeness (QED) is 0.609. The average molecular weight is 362 g/mol. The summed E-state index contributed by atoms with van der Waals surface area (Å²) in [7, 11) is -2.25. The van der Waals surface area contributed by atoms with Crippen LogP contribution in [0.15, 0.2) is 52.6 Å². The Morgan fingerprint density at radius 1 is 1.20 bits per heavy atom. The molecule has 25 heavy (non-hydrogen) atoms. The highest BCUT2D eigenvalue weighted by Gasteiger charge is 2.23. The second kappa shape index (κ2) is 7.62. The standard InChI is InChI=1S/C17H22N4O3S/c1-17(2,3)21-25(22,23)14-10-15(24-4)16(18-12-14)20-19-11-13-8-6-5-7-9-13/h5-12,21H,1-4H3,(H,18,20)/b19-11+. The fraction of sp³-hybridized carbons (Fsp3) is 0.294. The molecule has 0 radical (unpaired) electrons. The molecule has 2 N–H and O–H groups in total. The first-order valence-electron chi connectivity index (χ1n) is 7.63. The molecule has 0 spiro atoms. The summed E-state index contributed by atoms with van der Waals surface area (Å²) in [6.45, 7) is 5.30. The summed E-state index contributed by atoms with van der Waals surface area (Å²) in [5.41, 5.74) is 3.08. The predicted octanol–water partition coefficient (Wildman–Crippen LogP) is 2.61. The van der Waals surface area contributed by atoms with Crippen molar-refractivity contribution in [1.82, 2.24) is 9.71 Å². The molecule has 1 heterocycles. The number of hydrazone groups is 1. The first kappa shape index (κ1) is 18.9. The summed E-state index contributed by atoms with van der Waals surface area (Å²) in [5.74, 6) is 0.603. The Morgan fingerprint density at radius 3 is 2.48 bits per heavy atom. The fourth-order valence-electron chi connectivity index (χ4n) is 1.98. The Balaban J connectivity index is 2.20. The Hall–Kier alpha value is -2.45. The van der Waals surface area contributed by atoms with E-state index in [1.54, 1.807) is 27.0 Å². The van der Waals surface area contributed by atoms with E-state index >= 15 is 0 Å². The highest BCUT2D eigenvalue weighted by atomic mass is 32.2. The zero-order valence-corrected chi connectivity index (χ0v) is 15.5. The van der Waals surface area contributed by atoms with Gasteiger partial charge in [0.25, 0.3) is 0 Å². The van der Waals surface area contributed by atoms with Crippen LogP contribution in [0.3, 0.4) is 0 Å². The molecule has 0 atom stereocenters. The van der Waals surface area contributed by atoms with Gasteiger partial charge in [-0.25, -0.2) is 18.1 Å². The number of aromatic nitrogens is 1. The summed E-state index contributed by atoms with van der Waals surface area (Å²) in [4.78, 5) is 4.13. The van der Waals surface area contributed by atoms with Crippen LogP contribution in [0.5, 0.6) is 5.75 Å². The first-order chi connectivity index (χ1) is 11.7. The minimum atomic E-state index is -3.69. The molecule has 0 aliphatic rings. The average Bonchev–Trinajstić information content (AvgIpc) is 2.53. The smallest absolute Gasteiger partial charge is 0.242 e. The Morgan fingerprint density at radius 2 is 1.88 bits per heavy atom. The van der Waals surface area contributed by atoms with E-state index < -0.39 is 15.6 Å². The van der Waals surface area contributed by atoms with Gasteiger partial charge >= 0.3 is 0 Å². The molecule has 8 heteroatoms. The lowest BCUT2D eigenvalue weighted by Crippen LogP contribution is -2.40. The van der Waals surface area contributed by atoms with Crippen LogP contribution in [0.4, 0.5) is 5.82 Å². The maximum absolute atomic E-state index is 12.4. The number of nitrogens with zero attached hydrogens (tertiary/aromatic N) is 2. The van der Waals surface area contributed by atoms with E-state index in [2.05, 4.69) is 20.2 Å². The van der Waals surface area contributed by atoms with Crippen molar-refractivity contribution in [3.8, 4) is 5.75 Å². The van der Waals surface area contributed by atoms with Gasteiger partial charge in [-0.1, -0.05) is 30.3 Å².